The summed E-state index contributed by atoms with van der Waals surface area (Å²) >= 11 is 1.61. The lowest BCUT2D eigenvalue weighted by Gasteiger charge is -2.35. The second-order valence-electron chi connectivity index (χ2n) is 7.50. The number of aromatic nitrogens is 1. The lowest BCUT2D eigenvalue weighted by Crippen LogP contribution is -2.41. The number of rotatable bonds is 4. The maximum Gasteiger partial charge on any atom is 0.223 e. The number of nitrogens with zero attached hydrogens (tertiary/aromatic N) is 3. The minimum Gasteiger partial charge on any atom is -0.379 e. The summed E-state index contributed by atoms with van der Waals surface area (Å²) in [6.45, 7) is 6.87. The number of carbonyl (C=O) groups is 1. The molecule has 0 bridgehead atoms. The number of amides is 1. The second kappa shape index (κ2) is 7.47. The lowest BCUT2D eigenvalue weighted by atomic mass is 9.86. The third-order valence-electron chi connectivity index (χ3n) is 5.53. The molecule has 2 aliphatic rings. The predicted molar refractivity (Wildman–Crippen MR) is 102 cm³/mol. The average molecular weight is 372 g/mol. The van der Waals surface area contributed by atoms with Gasteiger partial charge in [0.05, 0.1) is 25.3 Å². The van der Waals surface area contributed by atoms with Crippen molar-refractivity contribution in [2.75, 3.05) is 32.8 Å². The summed E-state index contributed by atoms with van der Waals surface area (Å²) in [6.07, 6.45) is 2.43. The van der Waals surface area contributed by atoms with E-state index < -0.39 is 0 Å². The van der Waals surface area contributed by atoms with Crippen LogP contribution in [0.2, 0.25) is 0 Å². The molecule has 4 rings (SSSR count). The lowest BCUT2D eigenvalue weighted by molar-refractivity contribution is -0.128. The van der Waals surface area contributed by atoms with Crippen molar-refractivity contribution in [2.45, 2.75) is 25.9 Å². The van der Waals surface area contributed by atoms with Gasteiger partial charge in [-0.3, -0.25) is 14.7 Å². The van der Waals surface area contributed by atoms with Crippen molar-refractivity contribution < 1.29 is 9.53 Å². The fraction of sp³-hybridized carbons (Fsp3) is 0.500. The van der Waals surface area contributed by atoms with Crippen LogP contribution >= 0.6 is 11.3 Å². The Balaban J connectivity index is 1.49. The van der Waals surface area contributed by atoms with Gasteiger partial charge in [0.2, 0.25) is 5.91 Å². The molecule has 3 heterocycles. The number of hydrogen-bond donors (Lipinski definition) is 0. The molecule has 1 aromatic carbocycles. The molecule has 2 aromatic rings. The molecule has 138 valence electrons. The van der Waals surface area contributed by atoms with Crippen molar-refractivity contribution in [3.8, 4) is 0 Å². The van der Waals surface area contributed by atoms with Gasteiger partial charge in [0.1, 0.15) is 0 Å². The molecular formula is C20H25N3O2S. The molecule has 0 aliphatic carbocycles. The first-order valence-corrected chi connectivity index (χ1v) is 10.1. The Labute approximate surface area is 158 Å². The van der Waals surface area contributed by atoms with E-state index in [1.807, 2.05) is 16.6 Å². The number of carbonyl (C=O) groups excluding carboxylic acids is 1. The SMILES string of the molecule is C[C@H](c1ccccc1)N1CCOC[C@@]2(CC(=O)N(Cc3cncs3)C2)C1. The molecule has 0 saturated carbocycles. The van der Waals surface area contributed by atoms with E-state index in [4.69, 9.17) is 4.74 Å². The van der Waals surface area contributed by atoms with E-state index in [-0.39, 0.29) is 11.3 Å². The summed E-state index contributed by atoms with van der Waals surface area (Å²) in [5.41, 5.74) is 3.03. The summed E-state index contributed by atoms with van der Waals surface area (Å²) in [4.78, 5) is 22.4. The van der Waals surface area contributed by atoms with E-state index in [9.17, 15) is 4.79 Å². The van der Waals surface area contributed by atoms with Crippen LogP contribution in [0.3, 0.4) is 0 Å². The standard InChI is InChI=1S/C20H25N3O2S/c1-16(17-5-3-2-4-6-17)22-7-8-25-14-20(12-22)9-19(24)23(13-20)11-18-10-21-15-26-18/h2-6,10,15-16H,7-9,11-14H2,1H3/t16-,20+/m1/s1. The topological polar surface area (TPSA) is 45.7 Å². The van der Waals surface area contributed by atoms with Crippen molar-refractivity contribution in [2.24, 2.45) is 5.41 Å². The van der Waals surface area contributed by atoms with E-state index >= 15 is 0 Å². The van der Waals surface area contributed by atoms with Crippen LogP contribution in [-0.4, -0.2) is 53.5 Å². The van der Waals surface area contributed by atoms with Gasteiger partial charge in [0.15, 0.2) is 0 Å². The molecule has 2 fully saturated rings. The first kappa shape index (κ1) is 17.6. The molecule has 1 spiro atoms. The third-order valence-corrected chi connectivity index (χ3v) is 6.30. The Bertz CT molecular complexity index is 737. The highest BCUT2D eigenvalue weighted by molar-refractivity contribution is 7.09. The van der Waals surface area contributed by atoms with E-state index in [2.05, 4.69) is 47.1 Å². The summed E-state index contributed by atoms with van der Waals surface area (Å²) in [5.74, 6) is 0.233. The molecule has 0 unspecified atom stereocenters. The van der Waals surface area contributed by atoms with Gasteiger partial charge < -0.3 is 9.64 Å². The molecule has 1 aromatic heterocycles. The molecular weight excluding hydrogens is 346 g/mol. The summed E-state index contributed by atoms with van der Waals surface area (Å²) in [6, 6.07) is 10.9. The highest BCUT2D eigenvalue weighted by Crippen LogP contribution is 2.37. The molecule has 0 N–H and O–H groups in total. The summed E-state index contributed by atoms with van der Waals surface area (Å²) in [7, 11) is 0. The van der Waals surface area contributed by atoms with E-state index in [0.717, 1.165) is 31.1 Å². The normalized spacial score (nSPS) is 25.6. The molecule has 2 aliphatic heterocycles. The maximum absolute atomic E-state index is 12.7. The minimum atomic E-state index is -0.110. The highest BCUT2D eigenvalue weighted by Gasteiger charge is 2.46. The van der Waals surface area contributed by atoms with Crippen LogP contribution in [0, 0.1) is 5.41 Å². The second-order valence-corrected chi connectivity index (χ2v) is 8.47. The minimum absolute atomic E-state index is 0.110. The van der Waals surface area contributed by atoms with Crippen molar-refractivity contribution in [3.63, 3.8) is 0 Å². The molecule has 2 atom stereocenters. The Morgan fingerprint density at radius 2 is 2.15 bits per heavy atom. The van der Waals surface area contributed by atoms with Crippen molar-refractivity contribution in [3.05, 3.63) is 52.5 Å². The van der Waals surface area contributed by atoms with Gasteiger partial charge in [0, 0.05) is 48.6 Å². The van der Waals surface area contributed by atoms with E-state index in [1.165, 1.54) is 5.56 Å². The molecule has 26 heavy (non-hydrogen) atoms. The quantitative estimate of drug-likeness (QED) is 0.829. The van der Waals surface area contributed by atoms with Gasteiger partial charge in [-0.2, -0.15) is 0 Å². The number of likely N-dealkylation sites (tertiary alicyclic amines) is 1. The Morgan fingerprint density at radius 3 is 2.92 bits per heavy atom. The Kier molecular flexibility index (Phi) is 5.07. The fourth-order valence-corrected chi connectivity index (χ4v) is 4.74. The van der Waals surface area contributed by atoms with Crippen LogP contribution in [0.15, 0.2) is 42.0 Å². The summed E-state index contributed by atoms with van der Waals surface area (Å²) in [5, 5.41) is 0. The van der Waals surface area contributed by atoms with Crippen molar-refractivity contribution in [1.29, 1.82) is 0 Å². The number of ether oxygens (including phenoxy) is 1. The van der Waals surface area contributed by atoms with Crippen LogP contribution in [0.4, 0.5) is 0 Å². The van der Waals surface area contributed by atoms with Crippen LogP contribution in [0.5, 0.6) is 0 Å². The van der Waals surface area contributed by atoms with Crippen LogP contribution in [-0.2, 0) is 16.1 Å². The van der Waals surface area contributed by atoms with Gasteiger partial charge in [-0.15, -0.1) is 11.3 Å². The zero-order valence-corrected chi connectivity index (χ0v) is 16.0. The predicted octanol–water partition coefficient (Wildman–Crippen LogP) is 2.96. The Morgan fingerprint density at radius 1 is 1.31 bits per heavy atom. The molecule has 0 radical (unpaired) electrons. The molecule has 1 amide bonds. The third kappa shape index (κ3) is 3.68. The van der Waals surface area contributed by atoms with Crippen molar-refractivity contribution in [1.82, 2.24) is 14.8 Å². The monoisotopic (exact) mass is 371 g/mol. The summed E-state index contributed by atoms with van der Waals surface area (Å²) < 4.78 is 5.95. The van der Waals surface area contributed by atoms with E-state index in [1.54, 1.807) is 11.3 Å². The van der Waals surface area contributed by atoms with Crippen LogP contribution in [0.1, 0.15) is 29.8 Å². The number of benzene rings is 1. The van der Waals surface area contributed by atoms with Crippen LogP contribution in [0.25, 0.3) is 0 Å². The van der Waals surface area contributed by atoms with Crippen molar-refractivity contribution >= 4 is 17.2 Å². The first-order chi connectivity index (χ1) is 12.7. The molecule has 2 saturated heterocycles. The maximum atomic E-state index is 12.7. The highest BCUT2D eigenvalue weighted by atomic mass is 32.1. The smallest absolute Gasteiger partial charge is 0.223 e. The number of thiazole rings is 1. The van der Waals surface area contributed by atoms with Gasteiger partial charge >= 0.3 is 0 Å². The number of hydrogen-bond acceptors (Lipinski definition) is 5. The van der Waals surface area contributed by atoms with Gasteiger partial charge in [-0.25, -0.2) is 0 Å². The molecule has 6 heteroatoms. The van der Waals surface area contributed by atoms with Crippen LogP contribution < -0.4 is 0 Å². The van der Waals surface area contributed by atoms with Gasteiger partial charge in [0.25, 0.3) is 0 Å². The fourth-order valence-electron chi connectivity index (χ4n) is 4.14. The van der Waals surface area contributed by atoms with Gasteiger partial charge in [-0.05, 0) is 12.5 Å². The molecule has 5 nitrogen and oxygen atoms in total. The zero-order chi connectivity index (χ0) is 18.0. The van der Waals surface area contributed by atoms with Gasteiger partial charge in [-0.1, -0.05) is 30.3 Å². The Hall–Kier alpha value is -1.76. The average Bonchev–Trinajstić information content (AvgIpc) is 3.20. The zero-order valence-electron chi connectivity index (χ0n) is 15.1. The first-order valence-electron chi connectivity index (χ1n) is 9.17. The van der Waals surface area contributed by atoms with E-state index in [0.29, 0.717) is 25.6 Å². The largest absolute Gasteiger partial charge is 0.379 e.